The first-order valence-corrected chi connectivity index (χ1v) is 7.61. The number of nitrogens with zero attached hydrogens (tertiary/aromatic N) is 2. The second kappa shape index (κ2) is 6.63. The van der Waals surface area contributed by atoms with Crippen LogP contribution in [0.25, 0.3) is 0 Å². The van der Waals surface area contributed by atoms with Gasteiger partial charge in [-0.15, -0.1) is 0 Å². The van der Waals surface area contributed by atoms with Crippen LogP contribution < -0.4 is 16.8 Å². The maximum absolute atomic E-state index is 11.5. The Morgan fingerprint density at radius 1 is 1.14 bits per heavy atom. The van der Waals surface area contributed by atoms with E-state index in [0.717, 1.165) is 0 Å². The van der Waals surface area contributed by atoms with Gasteiger partial charge >= 0.3 is 0 Å². The van der Waals surface area contributed by atoms with Crippen molar-refractivity contribution in [2.45, 2.75) is 5.16 Å². The number of aromatic nitrogens is 2. The number of nitrogens with two attached hydrogens (primary N) is 2. The summed E-state index contributed by atoms with van der Waals surface area (Å²) in [5.74, 6) is -1.07. The van der Waals surface area contributed by atoms with Crippen molar-refractivity contribution in [3.8, 4) is 0 Å². The van der Waals surface area contributed by atoms with Crippen LogP contribution in [0.4, 0.5) is 11.5 Å². The maximum atomic E-state index is 11.5. The zero-order valence-corrected chi connectivity index (χ0v) is 13.0. The first kappa shape index (κ1) is 16.1. The molecule has 2 aromatic rings. The SMILES string of the molecule is CSc1nc(Cl)c(C(N)=O)c(Nc2ccc(C(N)=O)cc2)n1. The van der Waals surface area contributed by atoms with E-state index in [1.54, 1.807) is 30.5 Å². The number of rotatable bonds is 5. The van der Waals surface area contributed by atoms with Gasteiger partial charge in [0, 0.05) is 11.3 Å². The summed E-state index contributed by atoms with van der Waals surface area (Å²) in [5, 5.41) is 3.30. The van der Waals surface area contributed by atoms with Gasteiger partial charge in [-0.2, -0.15) is 0 Å². The van der Waals surface area contributed by atoms with Crippen LogP contribution in [0, 0.1) is 0 Å². The van der Waals surface area contributed by atoms with Crippen LogP contribution in [0.5, 0.6) is 0 Å². The first-order chi connectivity index (χ1) is 10.4. The highest BCUT2D eigenvalue weighted by Crippen LogP contribution is 2.26. The molecule has 0 spiro atoms. The van der Waals surface area contributed by atoms with Gasteiger partial charge in [-0.25, -0.2) is 9.97 Å². The third-order valence-electron chi connectivity index (χ3n) is 2.71. The summed E-state index contributed by atoms with van der Waals surface area (Å²) in [7, 11) is 0. The highest BCUT2D eigenvalue weighted by atomic mass is 35.5. The topological polar surface area (TPSA) is 124 Å². The molecule has 1 aromatic heterocycles. The fourth-order valence-corrected chi connectivity index (χ4v) is 2.35. The molecule has 0 radical (unpaired) electrons. The lowest BCUT2D eigenvalue weighted by Gasteiger charge is -2.11. The fraction of sp³-hybridized carbons (Fsp3) is 0.0769. The van der Waals surface area contributed by atoms with E-state index >= 15 is 0 Å². The van der Waals surface area contributed by atoms with Crippen LogP contribution >= 0.6 is 23.4 Å². The van der Waals surface area contributed by atoms with E-state index in [1.807, 2.05) is 0 Å². The van der Waals surface area contributed by atoms with Crippen LogP contribution in [0.3, 0.4) is 0 Å². The predicted octanol–water partition coefficient (Wildman–Crippen LogP) is 1.79. The molecular formula is C13H12ClN5O2S. The molecule has 2 amide bonds. The van der Waals surface area contributed by atoms with Gasteiger partial charge in [-0.3, -0.25) is 9.59 Å². The van der Waals surface area contributed by atoms with Crippen molar-refractivity contribution in [3.05, 3.63) is 40.5 Å². The molecule has 0 saturated carbocycles. The van der Waals surface area contributed by atoms with Crippen LogP contribution in [-0.2, 0) is 0 Å². The molecule has 1 heterocycles. The number of carbonyl (C=O) groups excluding carboxylic acids is 2. The van der Waals surface area contributed by atoms with Crippen LogP contribution in [0.15, 0.2) is 29.4 Å². The molecule has 1 aromatic carbocycles. The molecule has 0 aliphatic rings. The molecule has 0 unspecified atom stereocenters. The molecule has 0 aliphatic carbocycles. The molecule has 7 nitrogen and oxygen atoms in total. The molecule has 0 bridgehead atoms. The predicted molar refractivity (Wildman–Crippen MR) is 85.6 cm³/mol. The summed E-state index contributed by atoms with van der Waals surface area (Å²) in [5.41, 5.74) is 11.4. The van der Waals surface area contributed by atoms with Gasteiger partial charge in [0.1, 0.15) is 16.5 Å². The minimum Gasteiger partial charge on any atom is -0.366 e. The molecule has 22 heavy (non-hydrogen) atoms. The zero-order valence-electron chi connectivity index (χ0n) is 11.5. The van der Waals surface area contributed by atoms with Crippen LogP contribution in [-0.4, -0.2) is 28.0 Å². The van der Waals surface area contributed by atoms with Gasteiger partial charge in [-0.05, 0) is 30.5 Å². The normalized spacial score (nSPS) is 10.3. The van der Waals surface area contributed by atoms with Gasteiger partial charge in [0.25, 0.3) is 5.91 Å². The monoisotopic (exact) mass is 337 g/mol. The summed E-state index contributed by atoms with van der Waals surface area (Å²) in [6.07, 6.45) is 1.78. The molecule has 0 fully saturated rings. The van der Waals surface area contributed by atoms with Crippen molar-refractivity contribution < 1.29 is 9.59 Å². The second-order valence-corrected chi connectivity index (χ2v) is 5.29. The zero-order chi connectivity index (χ0) is 16.3. The van der Waals surface area contributed by atoms with E-state index in [1.165, 1.54) is 11.8 Å². The molecule has 114 valence electrons. The van der Waals surface area contributed by atoms with E-state index < -0.39 is 11.8 Å². The molecule has 5 N–H and O–H groups in total. The van der Waals surface area contributed by atoms with Crippen molar-refractivity contribution in [1.29, 1.82) is 0 Å². The van der Waals surface area contributed by atoms with E-state index in [2.05, 4.69) is 15.3 Å². The van der Waals surface area contributed by atoms with Crippen molar-refractivity contribution in [3.63, 3.8) is 0 Å². The van der Waals surface area contributed by atoms with E-state index in [9.17, 15) is 9.59 Å². The molecule has 0 saturated heterocycles. The molecule has 0 aliphatic heterocycles. The lowest BCUT2D eigenvalue weighted by atomic mass is 10.2. The number of amides is 2. The van der Waals surface area contributed by atoms with Crippen molar-refractivity contribution in [1.82, 2.24) is 9.97 Å². The summed E-state index contributed by atoms with van der Waals surface area (Å²) in [6.45, 7) is 0. The Morgan fingerprint density at radius 2 is 1.77 bits per heavy atom. The number of primary amides is 2. The smallest absolute Gasteiger partial charge is 0.255 e. The average Bonchev–Trinajstić information content (AvgIpc) is 2.46. The highest BCUT2D eigenvalue weighted by molar-refractivity contribution is 7.98. The Labute approximate surface area is 135 Å². The third-order valence-corrected chi connectivity index (χ3v) is 3.53. The summed E-state index contributed by atoms with van der Waals surface area (Å²) in [6, 6.07) is 6.35. The number of hydrogen-bond donors (Lipinski definition) is 3. The maximum Gasteiger partial charge on any atom is 0.255 e. The Hall–Kier alpha value is -2.32. The number of thioether (sulfide) groups is 1. The largest absolute Gasteiger partial charge is 0.366 e. The van der Waals surface area contributed by atoms with Gasteiger partial charge in [-0.1, -0.05) is 23.4 Å². The highest BCUT2D eigenvalue weighted by Gasteiger charge is 2.18. The number of halogens is 1. The minimum absolute atomic E-state index is 0.00144. The Morgan fingerprint density at radius 3 is 2.27 bits per heavy atom. The van der Waals surface area contributed by atoms with Gasteiger partial charge < -0.3 is 16.8 Å². The molecule has 0 atom stereocenters. The van der Waals surface area contributed by atoms with E-state index in [-0.39, 0.29) is 16.5 Å². The first-order valence-electron chi connectivity index (χ1n) is 6.00. The Balaban J connectivity index is 2.41. The lowest BCUT2D eigenvalue weighted by molar-refractivity contribution is 0.0992. The Bertz CT molecular complexity index is 736. The fourth-order valence-electron chi connectivity index (χ4n) is 1.67. The quantitative estimate of drug-likeness (QED) is 0.434. The van der Waals surface area contributed by atoms with Gasteiger partial charge in [0.05, 0.1) is 0 Å². The molecular weight excluding hydrogens is 326 g/mol. The van der Waals surface area contributed by atoms with Gasteiger partial charge in [0.2, 0.25) is 5.91 Å². The van der Waals surface area contributed by atoms with Crippen molar-refractivity contribution in [2.75, 3.05) is 11.6 Å². The molecule has 9 heteroatoms. The lowest BCUT2D eigenvalue weighted by Crippen LogP contribution is -2.16. The third kappa shape index (κ3) is 3.46. The summed E-state index contributed by atoms with van der Waals surface area (Å²) < 4.78 is 0. The number of hydrogen-bond acceptors (Lipinski definition) is 6. The minimum atomic E-state index is -0.742. The standard InChI is InChI=1S/C13H12ClN5O2S/c1-22-13-18-9(14)8(11(16)21)12(19-13)17-7-4-2-6(3-5-7)10(15)20/h2-5H,1H3,(H2,15,20)(H2,16,21)(H,17,18,19). The molecule has 2 rings (SSSR count). The number of benzene rings is 1. The van der Waals surface area contributed by atoms with Crippen LogP contribution in [0.1, 0.15) is 20.7 Å². The average molecular weight is 338 g/mol. The van der Waals surface area contributed by atoms with Crippen molar-refractivity contribution in [2.24, 2.45) is 11.5 Å². The van der Waals surface area contributed by atoms with E-state index in [0.29, 0.717) is 16.4 Å². The number of carbonyl (C=O) groups is 2. The van der Waals surface area contributed by atoms with E-state index in [4.69, 9.17) is 23.1 Å². The number of nitrogens with one attached hydrogen (secondary N) is 1. The Kier molecular flexibility index (Phi) is 4.84. The summed E-state index contributed by atoms with van der Waals surface area (Å²) >= 11 is 7.25. The van der Waals surface area contributed by atoms with Gasteiger partial charge in [0.15, 0.2) is 5.16 Å². The van der Waals surface area contributed by atoms with Crippen LogP contribution in [0.2, 0.25) is 5.15 Å². The summed E-state index contributed by atoms with van der Waals surface area (Å²) in [4.78, 5) is 30.7. The van der Waals surface area contributed by atoms with Crippen molar-refractivity contribution >= 4 is 46.7 Å². The second-order valence-electron chi connectivity index (χ2n) is 4.16. The number of anilines is 2.